The highest BCUT2D eigenvalue weighted by Gasteiger charge is 2.36. The Hall–Kier alpha value is -0.700. The van der Waals surface area contributed by atoms with Crippen molar-refractivity contribution in [2.75, 3.05) is 13.1 Å². The van der Waals surface area contributed by atoms with Crippen LogP contribution in [-0.2, 0) is 15.0 Å². The highest BCUT2D eigenvalue weighted by atomic mass is 32.2. The first-order valence-electron chi connectivity index (χ1n) is 7.20. The third-order valence-electron chi connectivity index (χ3n) is 3.40. The van der Waals surface area contributed by atoms with Gasteiger partial charge in [0.1, 0.15) is 6.04 Å². The fraction of sp³-hybridized carbons (Fsp3) is 0.923. The summed E-state index contributed by atoms with van der Waals surface area (Å²) in [6, 6.07) is -1.02. The van der Waals surface area contributed by atoms with E-state index in [1.807, 2.05) is 20.8 Å². The molecular weight excluding hydrogens is 296 g/mol. The van der Waals surface area contributed by atoms with Gasteiger partial charge in [-0.15, -0.1) is 0 Å². The summed E-state index contributed by atoms with van der Waals surface area (Å²) in [5.41, 5.74) is -0.112. The average molecular weight is 322 g/mol. The Morgan fingerprint density at radius 3 is 2.52 bits per heavy atom. The lowest BCUT2D eigenvalue weighted by molar-refractivity contribution is -0.142. The molecule has 8 heteroatoms. The Kier molecular flexibility index (Phi) is 6.15. The smallest absolute Gasteiger partial charge is 0.322 e. The van der Waals surface area contributed by atoms with Crippen LogP contribution < -0.4 is 4.72 Å². The molecule has 0 bridgehead atoms. The third kappa shape index (κ3) is 5.90. The number of carboxylic acids is 1. The van der Waals surface area contributed by atoms with Crippen LogP contribution in [0, 0.1) is 5.41 Å². The number of hydrogen-bond acceptors (Lipinski definition) is 4. The molecule has 1 saturated heterocycles. The van der Waals surface area contributed by atoms with E-state index in [0.717, 1.165) is 4.31 Å². The molecule has 7 nitrogen and oxygen atoms in total. The van der Waals surface area contributed by atoms with Crippen molar-refractivity contribution in [1.82, 2.24) is 9.03 Å². The molecule has 1 rings (SSSR count). The van der Waals surface area contributed by atoms with Gasteiger partial charge in [-0.1, -0.05) is 20.8 Å². The summed E-state index contributed by atoms with van der Waals surface area (Å²) in [6.45, 7) is 5.95. The number of rotatable bonds is 6. The van der Waals surface area contributed by atoms with E-state index in [9.17, 15) is 18.3 Å². The van der Waals surface area contributed by atoms with E-state index in [1.54, 1.807) is 0 Å². The highest BCUT2D eigenvalue weighted by molar-refractivity contribution is 7.87. The average Bonchev–Trinajstić information content (AvgIpc) is 2.34. The zero-order valence-corrected chi connectivity index (χ0v) is 13.7. The second kappa shape index (κ2) is 7.04. The molecule has 3 N–H and O–H groups in total. The predicted octanol–water partition coefficient (Wildman–Crippen LogP) is 0.557. The minimum atomic E-state index is -3.89. The van der Waals surface area contributed by atoms with Crippen LogP contribution in [0.25, 0.3) is 0 Å². The zero-order valence-electron chi connectivity index (χ0n) is 12.9. The lowest BCUT2D eigenvalue weighted by Gasteiger charge is -2.32. The fourth-order valence-corrected chi connectivity index (χ4v) is 3.97. The van der Waals surface area contributed by atoms with Crippen LogP contribution in [0.3, 0.4) is 0 Å². The van der Waals surface area contributed by atoms with E-state index in [-0.39, 0.29) is 18.5 Å². The van der Waals surface area contributed by atoms with Crippen molar-refractivity contribution in [3.05, 3.63) is 0 Å². The van der Waals surface area contributed by atoms with Gasteiger partial charge in [-0.3, -0.25) is 4.79 Å². The maximum Gasteiger partial charge on any atom is 0.322 e. The lowest BCUT2D eigenvalue weighted by atomic mass is 9.89. The summed E-state index contributed by atoms with van der Waals surface area (Å²) < 4.78 is 27.7. The molecule has 0 aliphatic carbocycles. The number of hydrogen-bond donors (Lipinski definition) is 3. The quantitative estimate of drug-likeness (QED) is 0.662. The standard InChI is InChI=1S/C13H26N2O5S/c1-13(2,3)8-10(16)9-14-21(19,20)15-7-5-4-6-11(15)12(17)18/h10-11,14,16H,4-9H2,1-3H3,(H,17,18). The summed E-state index contributed by atoms with van der Waals surface area (Å²) in [6.07, 6.45) is 1.33. The van der Waals surface area contributed by atoms with Crippen molar-refractivity contribution in [1.29, 1.82) is 0 Å². The van der Waals surface area contributed by atoms with Gasteiger partial charge in [0.05, 0.1) is 6.10 Å². The first-order chi connectivity index (χ1) is 9.53. The summed E-state index contributed by atoms with van der Waals surface area (Å²) in [7, 11) is -3.89. The molecule has 21 heavy (non-hydrogen) atoms. The maximum atomic E-state index is 12.2. The Morgan fingerprint density at radius 2 is 2.00 bits per heavy atom. The molecule has 0 aromatic heterocycles. The molecule has 0 spiro atoms. The molecule has 2 unspecified atom stereocenters. The van der Waals surface area contributed by atoms with Gasteiger partial charge in [0, 0.05) is 13.1 Å². The second-order valence-electron chi connectivity index (χ2n) is 6.73. The van der Waals surface area contributed by atoms with Gasteiger partial charge in [-0.2, -0.15) is 17.4 Å². The van der Waals surface area contributed by atoms with Gasteiger partial charge in [0.2, 0.25) is 0 Å². The van der Waals surface area contributed by atoms with E-state index in [0.29, 0.717) is 25.7 Å². The number of nitrogens with zero attached hydrogens (tertiary/aromatic N) is 1. The van der Waals surface area contributed by atoms with Crippen molar-refractivity contribution in [3.8, 4) is 0 Å². The third-order valence-corrected chi connectivity index (χ3v) is 4.98. The molecule has 0 radical (unpaired) electrons. The van der Waals surface area contributed by atoms with Gasteiger partial charge in [0.25, 0.3) is 10.2 Å². The minimum Gasteiger partial charge on any atom is -0.480 e. The summed E-state index contributed by atoms with van der Waals surface area (Å²) >= 11 is 0. The van der Waals surface area contributed by atoms with Gasteiger partial charge < -0.3 is 10.2 Å². The number of aliphatic carboxylic acids is 1. The first-order valence-corrected chi connectivity index (χ1v) is 8.64. The Morgan fingerprint density at radius 1 is 1.38 bits per heavy atom. The van der Waals surface area contributed by atoms with Crippen LogP contribution >= 0.6 is 0 Å². The molecule has 0 amide bonds. The van der Waals surface area contributed by atoms with Gasteiger partial charge in [-0.05, 0) is 31.1 Å². The molecule has 1 aliphatic heterocycles. The van der Waals surface area contributed by atoms with Crippen LogP contribution in [0.5, 0.6) is 0 Å². The lowest BCUT2D eigenvalue weighted by Crippen LogP contribution is -2.53. The van der Waals surface area contributed by atoms with E-state index in [4.69, 9.17) is 5.11 Å². The van der Waals surface area contributed by atoms with Gasteiger partial charge >= 0.3 is 5.97 Å². The normalized spacial score (nSPS) is 23.0. The molecule has 1 fully saturated rings. The molecule has 0 aromatic rings. The van der Waals surface area contributed by atoms with Gasteiger partial charge in [-0.25, -0.2) is 0 Å². The van der Waals surface area contributed by atoms with Gasteiger partial charge in [0.15, 0.2) is 0 Å². The SMILES string of the molecule is CC(C)(C)CC(O)CNS(=O)(=O)N1CCCCC1C(=O)O. The monoisotopic (exact) mass is 322 g/mol. The van der Waals surface area contributed by atoms with Crippen LogP contribution in [0.2, 0.25) is 0 Å². The van der Waals surface area contributed by atoms with E-state index in [2.05, 4.69) is 4.72 Å². The molecule has 1 heterocycles. The Balaban J connectivity index is 2.65. The van der Waals surface area contributed by atoms with E-state index in [1.165, 1.54) is 0 Å². The number of nitrogens with one attached hydrogen (secondary N) is 1. The molecule has 2 atom stereocenters. The number of aliphatic hydroxyl groups is 1. The Labute approximate surface area is 126 Å². The topological polar surface area (TPSA) is 107 Å². The Bertz CT molecular complexity index is 458. The largest absolute Gasteiger partial charge is 0.480 e. The van der Waals surface area contributed by atoms with Crippen molar-refractivity contribution in [3.63, 3.8) is 0 Å². The zero-order chi connectivity index (χ0) is 16.3. The molecule has 0 aromatic carbocycles. The summed E-state index contributed by atoms with van der Waals surface area (Å²) in [5, 5.41) is 19.0. The molecule has 124 valence electrons. The number of carboxylic acid groups (broad SMARTS) is 1. The van der Waals surface area contributed by atoms with E-state index < -0.39 is 28.3 Å². The van der Waals surface area contributed by atoms with Crippen LogP contribution in [-0.4, -0.2) is 54.1 Å². The first kappa shape index (κ1) is 18.3. The van der Waals surface area contributed by atoms with Crippen molar-refractivity contribution < 1.29 is 23.4 Å². The van der Waals surface area contributed by atoms with E-state index >= 15 is 0 Å². The maximum absolute atomic E-state index is 12.2. The predicted molar refractivity (Wildman–Crippen MR) is 79.0 cm³/mol. The highest BCUT2D eigenvalue weighted by Crippen LogP contribution is 2.22. The fourth-order valence-electron chi connectivity index (χ4n) is 2.50. The summed E-state index contributed by atoms with van der Waals surface area (Å²) in [5.74, 6) is -1.13. The van der Waals surface area contributed by atoms with Crippen molar-refractivity contribution in [2.24, 2.45) is 5.41 Å². The van der Waals surface area contributed by atoms with Crippen molar-refractivity contribution >= 4 is 16.2 Å². The molecule has 0 saturated carbocycles. The molecular formula is C13H26N2O5S. The van der Waals surface area contributed by atoms with Crippen LogP contribution in [0.1, 0.15) is 46.5 Å². The van der Waals surface area contributed by atoms with Crippen LogP contribution in [0.4, 0.5) is 0 Å². The summed E-state index contributed by atoms with van der Waals surface area (Å²) in [4.78, 5) is 11.2. The number of aliphatic hydroxyl groups excluding tert-OH is 1. The van der Waals surface area contributed by atoms with Crippen LogP contribution in [0.15, 0.2) is 0 Å². The second-order valence-corrected chi connectivity index (χ2v) is 8.44. The minimum absolute atomic E-state index is 0.109. The number of piperidine rings is 1. The molecule has 1 aliphatic rings. The number of carbonyl (C=O) groups is 1. The van der Waals surface area contributed by atoms with Crippen molar-refractivity contribution in [2.45, 2.75) is 58.6 Å².